The lowest BCUT2D eigenvalue weighted by Crippen LogP contribution is -2.68. The lowest BCUT2D eigenvalue weighted by molar-refractivity contribution is -0.325. The second kappa shape index (κ2) is 5.59. The summed E-state index contributed by atoms with van der Waals surface area (Å²) in [6, 6.07) is 0. The molecule has 0 aromatic carbocycles. The summed E-state index contributed by atoms with van der Waals surface area (Å²) in [5.74, 6) is -0.610. The van der Waals surface area contributed by atoms with Crippen LogP contribution in [0.3, 0.4) is 0 Å². The quantitative estimate of drug-likeness (QED) is 0.850. The Hall–Kier alpha value is -1.31. The van der Waals surface area contributed by atoms with Crippen LogP contribution in [0.4, 0.5) is 13.2 Å². The van der Waals surface area contributed by atoms with Gasteiger partial charge in [-0.15, -0.1) is 13.2 Å². The fraction of sp³-hybridized carbons (Fsp3) is 0.833. The average molecular weight is 294 g/mol. The van der Waals surface area contributed by atoms with E-state index < -0.39 is 18.5 Å². The molecular weight excluding hydrogens is 277 g/mol. The summed E-state index contributed by atoms with van der Waals surface area (Å²) in [4.78, 5) is 25.3. The number of nitrogens with one attached hydrogen (secondary N) is 1. The smallest absolute Gasteiger partial charge is 0.345 e. The van der Waals surface area contributed by atoms with Gasteiger partial charge in [0.15, 0.2) is 0 Å². The zero-order valence-corrected chi connectivity index (χ0v) is 11.0. The van der Waals surface area contributed by atoms with Gasteiger partial charge in [0, 0.05) is 6.54 Å². The van der Waals surface area contributed by atoms with Crippen LogP contribution < -0.4 is 5.32 Å². The van der Waals surface area contributed by atoms with Crippen LogP contribution in [0, 0.1) is 0 Å². The van der Waals surface area contributed by atoms with Gasteiger partial charge >= 0.3 is 6.36 Å². The van der Waals surface area contributed by atoms with Gasteiger partial charge in [-0.05, 0) is 12.8 Å². The van der Waals surface area contributed by atoms with Crippen molar-refractivity contribution in [2.24, 2.45) is 0 Å². The third-order valence-electron chi connectivity index (χ3n) is 3.90. The van der Waals surface area contributed by atoms with E-state index in [9.17, 15) is 22.8 Å². The fourth-order valence-corrected chi connectivity index (χ4v) is 3.00. The number of carbonyl (C=O) groups excluding carboxylic acids is 2. The monoisotopic (exact) mass is 294 g/mol. The molecule has 1 saturated heterocycles. The molecule has 20 heavy (non-hydrogen) atoms. The predicted molar refractivity (Wildman–Crippen MR) is 62.5 cm³/mol. The third kappa shape index (κ3) is 3.05. The summed E-state index contributed by atoms with van der Waals surface area (Å²) in [7, 11) is 0. The van der Waals surface area contributed by atoms with Crippen molar-refractivity contribution in [1.29, 1.82) is 0 Å². The van der Waals surface area contributed by atoms with Crippen LogP contribution in [0.2, 0.25) is 0 Å². The summed E-state index contributed by atoms with van der Waals surface area (Å²) < 4.78 is 39.8. The molecule has 114 valence electrons. The van der Waals surface area contributed by atoms with E-state index in [-0.39, 0.29) is 24.9 Å². The maximum absolute atomic E-state index is 12.1. The molecule has 1 N–H and O–H groups in total. The van der Waals surface area contributed by atoms with E-state index in [4.69, 9.17) is 0 Å². The molecule has 1 aliphatic carbocycles. The molecule has 0 radical (unpaired) electrons. The minimum atomic E-state index is -4.72. The standard InChI is InChI=1S/C12H17F3N2O3/c13-12(14,15)20-7-6-17-9(18)8-16-10(19)11(17)4-2-1-3-5-11/h1-8H2,(H,16,19). The van der Waals surface area contributed by atoms with Crippen LogP contribution in [0.1, 0.15) is 32.1 Å². The Kier molecular flexibility index (Phi) is 4.22. The molecule has 0 bridgehead atoms. The summed E-state index contributed by atoms with van der Waals surface area (Å²) in [5, 5.41) is 2.54. The van der Waals surface area contributed by atoms with Crippen molar-refractivity contribution in [3.63, 3.8) is 0 Å². The molecular formula is C12H17F3N2O3. The second-order valence-corrected chi connectivity index (χ2v) is 5.11. The highest BCUT2D eigenvalue weighted by atomic mass is 19.4. The van der Waals surface area contributed by atoms with E-state index in [0.717, 1.165) is 19.3 Å². The highest BCUT2D eigenvalue weighted by Crippen LogP contribution is 2.35. The fourth-order valence-electron chi connectivity index (χ4n) is 3.00. The number of rotatable bonds is 3. The van der Waals surface area contributed by atoms with Gasteiger partial charge in [-0.25, -0.2) is 0 Å². The molecule has 2 rings (SSSR count). The van der Waals surface area contributed by atoms with Crippen LogP contribution in [0.5, 0.6) is 0 Å². The second-order valence-electron chi connectivity index (χ2n) is 5.11. The van der Waals surface area contributed by atoms with Crippen molar-refractivity contribution in [2.45, 2.75) is 44.0 Å². The van der Waals surface area contributed by atoms with Crippen molar-refractivity contribution in [3.8, 4) is 0 Å². The molecule has 0 aromatic heterocycles. The van der Waals surface area contributed by atoms with Crippen molar-refractivity contribution in [3.05, 3.63) is 0 Å². The summed E-state index contributed by atoms with van der Waals surface area (Å²) >= 11 is 0. The van der Waals surface area contributed by atoms with E-state index in [1.165, 1.54) is 4.90 Å². The highest BCUT2D eigenvalue weighted by Gasteiger charge is 2.49. The third-order valence-corrected chi connectivity index (χ3v) is 3.90. The Morgan fingerprint density at radius 1 is 1.20 bits per heavy atom. The van der Waals surface area contributed by atoms with Crippen LogP contribution >= 0.6 is 0 Å². The Balaban J connectivity index is 2.08. The number of alkyl halides is 3. The molecule has 0 atom stereocenters. The van der Waals surface area contributed by atoms with Crippen molar-refractivity contribution < 1.29 is 27.5 Å². The number of hydrogen-bond donors (Lipinski definition) is 1. The number of halogens is 3. The van der Waals surface area contributed by atoms with Gasteiger partial charge in [0.05, 0.1) is 13.2 Å². The average Bonchev–Trinajstić information content (AvgIpc) is 2.38. The first-order chi connectivity index (χ1) is 9.35. The first-order valence-corrected chi connectivity index (χ1v) is 6.65. The van der Waals surface area contributed by atoms with Gasteiger partial charge < -0.3 is 10.2 Å². The van der Waals surface area contributed by atoms with Gasteiger partial charge in [-0.1, -0.05) is 19.3 Å². The van der Waals surface area contributed by atoms with Gasteiger partial charge in [-0.3, -0.25) is 14.3 Å². The minimum Gasteiger partial charge on any atom is -0.345 e. The lowest BCUT2D eigenvalue weighted by atomic mass is 9.78. The van der Waals surface area contributed by atoms with E-state index in [0.29, 0.717) is 12.8 Å². The number of carbonyl (C=O) groups is 2. The molecule has 8 heteroatoms. The van der Waals surface area contributed by atoms with Gasteiger partial charge in [0.1, 0.15) is 5.54 Å². The maximum atomic E-state index is 12.1. The van der Waals surface area contributed by atoms with Crippen molar-refractivity contribution in [2.75, 3.05) is 19.7 Å². The van der Waals surface area contributed by atoms with Crippen LogP contribution in [-0.2, 0) is 14.3 Å². The van der Waals surface area contributed by atoms with Crippen LogP contribution in [0.15, 0.2) is 0 Å². The molecule has 0 unspecified atom stereocenters. The number of amides is 2. The molecule has 2 amide bonds. The first kappa shape index (κ1) is 15.1. The normalized spacial score (nSPS) is 23.1. The van der Waals surface area contributed by atoms with Gasteiger partial charge in [0.25, 0.3) is 0 Å². The molecule has 5 nitrogen and oxygen atoms in total. The molecule has 2 fully saturated rings. The number of piperazine rings is 1. The Morgan fingerprint density at radius 2 is 1.85 bits per heavy atom. The molecule has 1 spiro atoms. The molecule has 1 heterocycles. The first-order valence-electron chi connectivity index (χ1n) is 6.65. The van der Waals surface area contributed by atoms with Crippen LogP contribution in [-0.4, -0.2) is 48.3 Å². The SMILES string of the molecule is O=C1CNC(=O)C2(CCCCC2)N1CCOC(F)(F)F. The van der Waals surface area contributed by atoms with Crippen molar-refractivity contribution >= 4 is 11.8 Å². The summed E-state index contributed by atoms with van der Waals surface area (Å²) in [6.45, 7) is -1.03. The zero-order valence-electron chi connectivity index (χ0n) is 11.0. The van der Waals surface area contributed by atoms with Crippen LogP contribution in [0.25, 0.3) is 0 Å². The molecule has 0 aromatic rings. The predicted octanol–water partition coefficient (Wildman–Crippen LogP) is 1.18. The molecule has 1 saturated carbocycles. The number of nitrogens with zero attached hydrogens (tertiary/aromatic N) is 1. The van der Waals surface area contributed by atoms with E-state index in [2.05, 4.69) is 10.1 Å². The molecule has 2 aliphatic rings. The maximum Gasteiger partial charge on any atom is 0.522 e. The van der Waals surface area contributed by atoms with Gasteiger partial charge in [0.2, 0.25) is 11.8 Å². The largest absolute Gasteiger partial charge is 0.522 e. The summed E-state index contributed by atoms with van der Waals surface area (Å²) in [5.41, 5.74) is -0.984. The lowest BCUT2D eigenvalue weighted by Gasteiger charge is -2.47. The molecule has 1 aliphatic heterocycles. The Morgan fingerprint density at radius 3 is 2.45 bits per heavy atom. The Bertz CT molecular complexity index is 392. The van der Waals surface area contributed by atoms with E-state index >= 15 is 0 Å². The number of ether oxygens (including phenoxy) is 1. The topological polar surface area (TPSA) is 58.6 Å². The van der Waals surface area contributed by atoms with E-state index in [1.807, 2.05) is 0 Å². The number of hydrogen-bond acceptors (Lipinski definition) is 3. The Labute approximate surface area is 114 Å². The van der Waals surface area contributed by atoms with Crippen molar-refractivity contribution in [1.82, 2.24) is 10.2 Å². The minimum absolute atomic E-state index is 0.160. The summed E-state index contributed by atoms with van der Waals surface area (Å²) in [6.07, 6.45) is -1.18. The van der Waals surface area contributed by atoms with Gasteiger partial charge in [-0.2, -0.15) is 0 Å². The van der Waals surface area contributed by atoms with E-state index in [1.54, 1.807) is 0 Å². The zero-order chi connectivity index (χ0) is 14.8. The highest BCUT2D eigenvalue weighted by molar-refractivity contribution is 5.98.